The summed E-state index contributed by atoms with van der Waals surface area (Å²) in [5.41, 5.74) is 1.05. The molecule has 2 aromatic heterocycles. The molecule has 2 rings (SSSR count). The number of furan rings is 1. The van der Waals surface area contributed by atoms with Gasteiger partial charge in [-0.1, -0.05) is 0 Å². The Kier molecular flexibility index (Phi) is 6.80. The van der Waals surface area contributed by atoms with Gasteiger partial charge in [-0.25, -0.2) is 9.98 Å². The lowest BCUT2D eigenvalue weighted by Crippen LogP contribution is -2.38. The predicted molar refractivity (Wildman–Crippen MR) is 95.0 cm³/mol. The molecule has 0 aromatic carbocycles. The number of aryl methyl sites for hydroxylation is 2. The molecule has 0 spiro atoms. The maximum Gasteiger partial charge on any atom is 0.242 e. The highest BCUT2D eigenvalue weighted by Gasteiger charge is 2.06. The number of hydrogen-bond acceptors (Lipinski definition) is 5. The average Bonchev–Trinajstić information content (AvgIpc) is 3.18. The minimum absolute atomic E-state index is 0.0476. The lowest BCUT2D eigenvalue weighted by Gasteiger charge is -2.10. The summed E-state index contributed by atoms with van der Waals surface area (Å²) in [4.78, 5) is 21.8. The van der Waals surface area contributed by atoms with Crippen molar-refractivity contribution in [1.29, 1.82) is 0 Å². The number of aliphatic imine (C=N–C) groups is 1. The Balaban J connectivity index is 1.81. The summed E-state index contributed by atoms with van der Waals surface area (Å²) in [6.07, 6.45) is 1.58. The first-order chi connectivity index (χ1) is 11.6. The second-order valence-corrected chi connectivity index (χ2v) is 6.44. The van der Waals surface area contributed by atoms with Crippen LogP contribution in [0.2, 0.25) is 0 Å². The lowest BCUT2D eigenvalue weighted by atomic mass is 10.4. The van der Waals surface area contributed by atoms with Crippen molar-refractivity contribution >= 4 is 23.2 Å². The monoisotopic (exact) mass is 349 g/mol. The van der Waals surface area contributed by atoms with Crippen LogP contribution in [0.3, 0.4) is 0 Å². The van der Waals surface area contributed by atoms with E-state index in [1.807, 2.05) is 19.9 Å². The molecule has 1 amide bonds. The molecule has 2 aromatic rings. The van der Waals surface area contributed by atoms with E-state index in [-0.39, 0.29) is 12.5 Å². The molecule has 0 bridgehead atoms. The topological polar surface area (TPSA) is 91.5 Å². The summed E-state index contributed by atoms with van der Waals surface area (Å²) in [5.74, 6) is 1.15. The smallest absolute Gasteiger partial charge is 0.242 e. The van der Waals surface area contributed by atoms with Crippen molar-refractivity contribution in [2.75, 3.05) is 13.1 Å². The maximum absolute atomic E-state index is 11.8. The molecule has 0 saturated heterocycles. The summed E-state index contributed by atoms with van der Waals surface area (Å²) < 4.78 is 5.17. The number of carbonyl (C=O) groups is 1. The molecule has 24 heavy (non-hydrogen) atoms. The van der Waals surface area contributed by atoms with Crippen molar-refractivity contribution in [2.45, 2.75) is 33.9 Å². The van der Waals surface area contributed by atoms with Crippen molar-refractivity contribution < 1.29 is 9.21 Å². The molecule has 2 heterocycles. The van der Waals surface area contributed by atoms with Crippen molar-refractivity contribution in [1.82, 2.24) is 20.9 Å². The quantitative estimate of drug-likeness (QED) is 0.523. The Labute approximate surface area is 145 Å². The number of rotatable bonds is 7. The first-order valence-electron chi connectivity index (χ1n) is 7.82. The Morgan fingerprint density at radius 3 is 2.75 bits per heavy atom. The van der Waals surface area contributed by atoms with Crippen LogP contribution in [-0.2, 0) is 17.9 Å². The Hall–Kier alpha value is -2.35. The van der Waals surface area contributed by atoms with Gasteiger partial charge >= 0.3 is 0 Å². The van der Waals surface area contributed by atoms with Gasteiger partial charge in [0.15, 0.2) is 5.96 Å². The van der Waals surface area contributed by atoms with Crippen LogP contribution in [0.25, 0.3) is 0 Å². The zero-order valence-corrected chi connectivity index (χ0v) is 15.0. The third-order valence-electron chi connectivity index (χ3n) is 3.24. The van der Waals surface area contributed by atoms with E-state index >= 15 is 0 Å². The summed E-state index contributed by atoms with van der Waals surface area (Å²) in [6.45, 7) is 7.74. The van der Waals surface area contributed by atoms with Gasteiger partial charge in [-0.3, -0.25) is 4.79 Å². The minimum Gasteiger partial charge on any atom is -0.467 e. The molecule has 0 aliphatic rings. The van der Waals surface area contributed by atoms with E-state index in [2.05, 4.69) is 32.9 Å². The van der Waals surface area contributed by atoms with E-state index in [4.69, 9.17) is 4.42 Å². The zero-order valence-electron chi connectivity index (χ0n) is 14.2. The van der Waals surface area contributed by atoms with Crippen LogP contribution in [0, 0.1) is 13.8 Å². The highest BCUT2D eigenvalue weighted by Crippen LogP contribution is 2.15. The molecule has 0 aliphatic heterocycles. The number of guanidine groups is 1. The predicted octanol–water partition coefficient (Wildman–Crippen LogP) is 1.72. The van der Waals surface area contributed by atoms with Gasteiger partial charge in [-0.15, -0.1) is 11.3 Å². The van der Waals surface area contributed by atoms with E-state index in [1.165, 1.54) is 4.88 Å². The van der Waals surface area contributed by atoms with Gasteiger partial charge in [0.05, 0.1) is 25.0 Å². The van der Waals surface area contributed by atoms with Crippen LogP contribution < -0.4 is 16.0 Å². The van der Waals surface area contributed by atoms with Gasteiger partial charge in [0.25, 0.3) is 0 Å². The second kappa shape index (κ2) is 9.07. The van der Waals surface area contributed by atoms with Gasteiger partial charge in [0.1, 0.15) is 17.3 Å². The van der Waals surface area contributed by atoms with Crippen molar-refractivity contribution in [2.24, 2.45) is 4.99 Å². The second-order valence-electron chi connectivity index (χ2n) is 5.15. The molecular formula is C16H23N5O2S. The Morgan fingerprint density at radius 1 is 1.29 bits per heavy atom. The minimum atomic E-state index is -0.162. The summed E-state index contributed by atoms with van der Waals surface area (Å²) in [6, 6.07) is 3.60. The van der Waals surface area contributed by atoms with Crippen LogP contribution in [0.15, 0.2) is 27.8 Å². The van der Waals surface area contributed by atoms with Crippen LogP contribution >= 0.6 is 11.3 Å². The van der Waals surface area contributed by atoms with E-state index in [0.29, 0.717) is 24.8 Å². The highest BCUT2D eigenvalue weighted by molar-refractivity contribution is 7.11. The number of nitrogens with one attached hydrogen (secondary N) is 3. The van der Waals surface area contributed by atoms with Gasteiger partial charge < -0.3 is 20.4 Å². The first-order valence-corrected chi connectivity index (χ1v) is 8.64. The first kappa shape index (κ1) is 18.0. The van der Waals surface area contributed by atoms with Crippen molar-refractivity contribution in [3.63, 3.8) is 0 Å². The van der Waals surface area contributed by atoms with Gasteiger partial charge in [-0.05, 0) is 32.9 Å². The third kappa shape index (κ3) is 5.69. The Morgan fingerprint density at radius 2 is 2.12 bits per heavy atom. The molecule has 0 unspecified atom stereocenters. The lowest BCUT2D eigenvalue weighted by molar-refractivity contribution is -0.119. The van der Waals surface area contributed by atoms with Crippen LogP contribution in [0.4, 0.5) is 0 Å². The van der Waals surface area contributed by atoms with Gasteiger partial charge in [0.2, 0.25) is 5.91 Å². The van der Waals surface area contributed by atoms with E-state index in [9.17, 15) is 4.79 Å². The largest absolute Gasteiger partial charge is 0.467 e. The molecule has 8 heteroatoms. The van der Waals surface area contributed by atoms with Crippen molar-refractivity contribution in [3.8, 4) is 0 Å². The number of hydrogen-bond donors (Lipinski definition) is 3. The zero-order chi connectivity index (χ0) is 17.4. The molecule has 0 saturated carbocycles. The maximum atomic E-state index is 11.8. The highest BCUT2D eigenvalue weighted by atomic mass is 32.1. The van der Waals surface area contributed by atoms with E-state index in [1.54, 1.807) is 23.7 Å². The number of nitrogens with zero attached hydrogens (tertiary/aromatic N) is 2. The van der Waals surface area contributed by atoms with E-state index in [0.717, 1.165) is 17.2 Å². The SMILES string of the molecule is CCNC(=NCC(=O)NCc1ccco1)NCc1nc(C)c(C)s1. The van der Waals surface area contributed by atoms with E-state index < -0.39 is 0 Å². The van der Waals surface area contributed by atoms with Gasteiger partial charge in [-0.2, -0.15) is 0 Å². The summed E-state index contributed by atoms with van der Waals surface area (Å²) in [5, 5.41) is 10.1. The molecule has 0 radical (unpaired) electrons. The molecule has 0 fully saturated rings. The number of aromatic nitrogens is 1. The van der Waals surface area contributed by atoms with Crippen LogP contribution in [0.5, 0.6) is 0 Å². The normalized spacial score (nSPS) is 11.4. The molecule has 0 atom stereocenters. The standard InChI is InChI=1S/C16H23N5O2S/c1-4-17-16(20-10-15-21-11(2)12(3)24-15)19-9-14(22)18-8-13-6-5-7-23-13/h5-7H,4,8-10H2,1-3H3,(H,18,22)(H2,17,19,20). The van der Waals surface area contributed by atoms with Crippen molar-refractivity contribution in [3.05, 3.63) is 39.7 Å². The molecule has 7 nitrogen and oxygen atoms in total. The fourth-order valence-electron chi connectivity index (χ4n) is 1.92. The third-order valence-corrected chi connectivity index (χ3v) is 4.32. The summed E-state index contributed by atoms with van der Waals surface area (Å²) >= 11 is 1.66. The van der Waals surface area contributed by atoms with Crippen LogP contribution in [-0.4, -0.2) is 29.9 Å². The molecular weight excluding hydrogens is 326 g/mol. The summed E-state index contributed by atoms with van der Waals surface area (Å²) in [7, 11) is 0. The molecule has 130 valence electrons. The fourth-order valence-corrected chi connectivity index (χ4v) is 2.80. The molecule has 0 aliphatic carbocycles. The number of thiazole rings is 1. The number of amides is 1. The van der Waals surface area contributed by atoms with Gasteiger partial charge in [0, 0.05) is 11.4 Å². The number of carbonyl (C=O) groups excluding carboxylic acids is 1. The Bertz CT molecular complexity index is 659. The molecule has 3 N–H and O–H groups in total. The average molecular weight is 349 g/mol. The fraction of sp³-hybridized carbons (Fsp3) is 0.438. The van der Waals surface area contributed by atoms with Crippen LogP contribution in [0.1, 0.15) is 28.3 Å².